The molecular formula is C26H18F6N2O4S. The highest BCUT2D eigenvalue weighted by atomic mass is 32.2. The number of aliphatic hydroxyl groups is 1. The molecule has 4 aromatic rings. The molecule has 6 nitrogen and oxygen atoms in total. The Hall–Kier alpha value is -3.84. The zero-order valence-corrected chi connectivity index (χ0v) is 20.4. The summed E-state index contributed by atoms with van der Waals surface area (Å²) in [6.07, 6.45) is -12.0. The third-order valence-corrected chi connectivity index (χ3v) is 6.82. The minimum atomic E-state index is -6.06. The van der Waals surface area contributed by atoms with Crippen LogP contribution in [0, 0.1) is 0 Å². The molecule has 0 atom stereocenters. The molecule has 1 aromatic heterocycles. The number of hydrogen-bond donors (Lipinski definition) is 2. The SMILES string of the molecule is O=C(O)CSc1ccc2nc(Cc3ccccc3)n(-c3ccc(C(O)(C(F)(F)F)C(F)(F)F)cc3)c(=O)c2c1. The van der Waals surface area contributed by atoms with Crippen LogP contribution in [0.3, 0.4) is 0 Å². The molecule has 3 aromatic carbocycles. The van der Waals surface area contributed by atoms with Gasteiger partial charge in [-0.1, -0.05) is 42.5 Å². The average Bonchev–Trinajstić information content (AvgIpc) is 2.87. The molecule has 0 radical (unpaired) electrons. The van der Waals surface area contributed by atoms with E-state index >= 15 is 0 Å². The maximum atomic E-state index is 13.6. The van der Waals surface area contributed by atoms with Crippen LogP contribution in [0.2, 0.25) is 0 Å². The van der Waals surface area contributed by atoms with E-state index in [1.807, 2.05) is 0 Å². The molecule has 0 saturated heterocycles. The molecular weight excluding hydrogens is 550 g/mol. The fourth-order valence-electron chi connectivity index (χ4n) is 3.95. The lowest BCUT2D eigenvalue weighted by Crippen LogP contribution is -2.53. The maximum Gasteiger partial charge on any atom is 0.430 e. The van der Waals surface area contributed by atoms with Crippen LogP contribution in [0.5, 0.6) is 0 Å². The van der Waals surface area contributed by atoms with Crippen molar-refractivity contribution in [2.75, 3.05) is 5.75 Å². The van der Waals surface area contributed by atoms with E-state index in [0.717, 1.165) is 34.0 Å². The minimum Gasteiger partial charge on any atom is -0.481 e. The molecule has 4 rings (SSSR count). The number of benzene rings is 3. The van der Waals surface area contributed by atoms with Crippen molar-refractivity contribution in [1.29, 1.82) is 0 Å². The Labute approximate surface area is 220 Å². The van der Waals surface area contributed by atoms with E-state index in [1.54, 1.807) is 36.4 Å². The van der Waals surface area contributed by atoms with Gasteiger partial charge in [0.25, 0.3) is 11.2 Å². The number of carboxylic acids is 1. The van der Waals surface area contributed by atoms with Gasteiger partial charge < -0.3 is 10.2 Å². The van der Waals surface area contributed by atoms with E-state index in [2.05, 4.69) is 4.98 Å². The summed E-state index contributed by atoms with van der Waals surface area (Å²) in [6.45, 7) is 0. The first-order valence-electron chi connectivity index (χ1n) is 11.1. The van der Waals surface area contributed by atoms with Crippen LogP contribution >= 0.6 is 11.8 Å². The zero-order valence-electron chi connectivity index (χ0n) is 19.6. The molecule has 2 N–H and O–H groups in total. The fourth-order valence-corrected chi connectivity index (χ4v) is 4.60. The number of thioether (sulfide) groups is 1. The standard InChI is InChI=1S/C26H18F6N2O4S/c27-25(28,29)24(38,26(30,31)32)16-6-8-17(9-7-16)34-21(12-15-4-2-1-3-5-15)33-20-11-10-18(39-14-22(35)36)13-19(20)23(34)37/h1-11,13,38H,12,14H2,(H,35,36). The van der Waals surface area contributed by atoms with E-state index in [4.69, 9.17) is 5.11 Å². The van der Waals surface area contributed by atoms with E-state index in [9.17, 15) is 41.0 Å². The number of alkyl halides is 6. The Bertz CT molecular complexity index is 1550. The number of hydrogen-bond acceptors (Lipinski definition) is 5. The summed E-state index contributed by atoms with van der Waals surface area (Å²) in [6, 6.07) is 15.9. The molecule has 0 amide bonds. The predicted octanol–water partition coefficient (Wildman–Crippen LogP) is 5.47. The molecule has 204 valence electrons. The number of nitrogens with zero attached hydrogens (tertiary/aromatic N) is 2. The average molecular weight is 568 g/mol. The number of halogens is 6. The van der Waals surface area contributed by atoms with Gasteiger partial charge in [-0.2, -0.15) is 26.3 Å². The topological polar surface area (TPSA) is 92.4 Å². The van der Waals surface area contributed by atoms with Gasteiger partial charge in [0.2, 0.25) is 0 Å². The summed E-state index contributed by atoms with van der Waals surface area (Å²) in [5, 5.41) is 18.7. The Morgan fingerprint density at radius 1 is 0.897 bits per heavy atom. The van der Waals surface area contributed by atoms with Gasteiger partial charge in [-0.05, 0) is 35.9 Å². The van der Waals surface area contributed by atoms with Gasteiger partial charge in [0.1, 0.15) is 5.82 Å². The van der Waals surface area contributed by atoms with Gasteiger partial charge in [-0.3, -0.25) is 14.2 Å². The smallest absolute Gasteiger partial charge is 0.430 e. The van der Waals surface area contributed by atoms with Crippen molar-refractivity contribution < 1.29 is 41.4 Å². The predicted molar refractivity (Wildman–Crippen MR) is 131 cm³/mol. The lowest BCUT2D eigenvalue weighted by atomic mass is 9.92. The molecule has 13 heteroatoms. The highest BCUT2D eigenvalue weighted by Gasteiger charge is 2.71. The van der Waals surface area contributed by atoms with Crippen LogP contribution in [-0.4, -0.2) is 43.8 Å². The van der Waals surface area contributed by atoms with Crippen molar-refractivity contribution >= 4 is 28.6 Å². The molecule has 0 unspecified atom stereocenters. The second kappa shape index (κ2) is 10.4. The third kappa shape index (κ3) is 5.50. The molecule has 0 saturated carbocycles. The molecule has 0 aliphatic rings. The first-order chi connectivity index (χ1) is 18.2. The Balaban J connectivity index is 1.89. The lowest BCUT2D eigenvalue weighted by Gasteiger charge is -2.32. The highest BCUT2D eigenvalue weighted by Crippen LogP contribution is 2.50. The van der Waals surface area contributed by atoms with E-state index in [0.29, 0.717) is 17.0 Å². The number of aromatic nitrogens is 2. The normalized spacial score (nSPS) is 12.6. The van der Waals surface area contributed by atoms with E-state index < -0.39 is 35.0 Å². The summed E-state index contributed by atoms with van der Waals surface area (Å²) < 4.78 is 81.0. The van der Waals surface area contributed by atoms with Crippen LogP contribution in [0.15, 0.2) is 82.5 Å². The zero-order chi connectivity index (χ0) is 28.6. The van der Waals surface area contributed by atoms with E-state index in [-0.39, 0.29) is 34.6 Å². The number of aliphatic carboxylic acids is 1. The van der Waals surface area contributed by atoms with Crippen LogP contribution < -0.4 is 5.56 Å². The van der Waals surface area contributed by atoms with Gasteiger partial charge in [-0.25, -0.2) is 4.98 Å². The summed E-state index contributed by atoms with van der Waals surface area (Å²) in [5.41, 5.74) is -6.34. The number of rotatable bonds is 7. The van der Waals surface area contributed by atoms with Gasteiger partial charge in [0.15, 0.2) is 0 Å². The Kier molecular flexibility index (Phi) is 7.50. The minimum absolute atomic E-state index is 0.0633. The van der Waals surface area contributed by atoms with Crippen molar-refractivity contribution in [3.63, 3.8) is 0 Å². The molecule has 1 heterocycles. The summed E-state index contributed by atoms with van der Waals surface area (Å²) in [7, 11) is 0. The second-order valence-corrected chi connectivity index (χ2v) is 9.49. The molecule has 0 spiro atoms. The van der Waals surface area contributed by atoms with Gasteiger partial charge in [0, 0.05) is 16.9 Å². The number of carboxylic acid groups (broad SMARTS) is 1. The monoisotopic (exact) mass is 568 g/mol. The highest BCUT2D eigenvalue weighted by molar-refractivity contribution is 8.00. The summed E-state index contributed by atoms with van der Waals surface area (Å²) >= 11 is 0.953. The quantitative estimate of drug-likeness (QED) is 0.227. The van der Waals surface area contributed by atoms with Crippen molar-refractivity contribution in [2.24, 2.45) is 0 Å². The summed E-state index contributed by atoms with van der Waals surface area (Å²) in [4.78, 5) is 29.5. The van der Waals surface area contributed by atoms with Crippen molar-refractivity contribution in [1.82, 2.24) is 9.55 Å². The Morgan fingerprint density at radius 3 is 2.08 bits per heavy atom. The van der Waals surface area contributed by atoms with Crippen molar-refractivity contribution in [3.8, 4) is 5.69 Å². The first-order valence-corrected chi connectivity index (χ1v) is 12.1. The van der Waals surface area contributed by atoms with Crippen LogP contribution in [0.1, 0.15) is 17.0 Å². The largest absolute Gasteiger partial charge is 0.481 e. The molecule has 0 fully saturated rings. The number of fused-ring (bicyclic) bond motifs is 1. The van der Waals surface area contributed by atoms with Crippen LogP contribution in [-0.2, 0) is 16.8 Å². The van der Waals surface area contributed by atoms with Crippen LogP contribution in [0.4, 0.5) is 26.3 Å². The second-order valence-electron chi connectivity index (χ2n) is 8.45. The van der Waals surface area contributed by atoms with E-state index in [1.165, 1.54) is 12.1 Å². The van der Waals surface area contributed by atoms with Crippen LogP contribution in [0.25, 0.3) is 16.6 Å². The van der Waals surface area contributed by atoms with Gasteiger partial charge >= 0.3 is 18.3 Å². The maximum absolute atomic E-state index is 13.6. The molecule has 0 aliphatic heterocycles. The van der Waals surface area contributed by atoms with Crippen molar-refractivity contribution in [3.05, 3.63) is 100 Å². The molecule has 0 aliphatic carbocycles. The Morgan fingerprint density at radius 2 is 1.51 bits per heavy atom. The lowest BCUT2D eigenvalue weighted by molar-refractivity contribution is -0.376. The van der Waals surface area contributed by atoms with Gasteiger partial charge in [0.05, 0.1) is 22.3 Å². The third-order valence-electron chi connectivity index (χ3n) is 5.84. The summed E-state index contributed by atoms with van der Waals surface area (Å²) in [5.74, 6) is -1.20. The first kappa shape index (κ1) is 28.2. The number of carbonyl (C=O) groups is 1. The fraction of sp³-hybridized carbons (Fsp3) is 0.192. The molecule has 0 bridgehead atoms. The van der Waals surface area contributed by atoms with Crippen molar-refractivity contribution in [2.45, 2.75) is 29.3 Å². The molecule has 39 heavy (non-hydrogen) atoms. The van der Waals surface area contributed by atoms with Gasteiger partial charge in [-0.15, -0.1) is 11.8 Å².